The molecule has 0 aliphatic rings. The summed E-state index contributed by atoms with van der Waals surface area (Å²) in [5.41, 5.74) is 2.12. The van der Waals surface area contributed by atoms with Crippen molar-refractivity contribution in [2.75, 3.05) is 24.5 Å². The number of likely N-dealkylation sites (N-methyl/N-ethyl adjacent to an activating group) is 1. The van der Waals surface area contributed by atoms with Crippen LogP contribution < -0.4 is 10.2 Å². The molecular formula is C15H22N4. The Kier molecular flexibility index (Phi) is 4.68. The van der Waals surface area contributed by atoms with Crippen LogP contribution in [0.25, 0.3) is 10.9 Å². The summed E-state index contributed by atoms with van der Waals surface area (Å²) in [5.74, 6) is 0. The van der Waals surface area contributed by atoms with Gasteiger partial charge in [0.05, 0.1) is 17.4 Å². The minimum absolute atomic E-state index is 0.519. The van der Waals surface area contributed by atoms with Crippen molar-refractivity contribution >= 4 is 16.6 Å². The molecule has 0 spiro atoms. The lowest BCUT2D eigenvalue weighted by atomic mass is 10.2. The third-order valence-corrected chi connectivity index (χ3v) is 3.18. The molecule has 0 radical (unpaired) electrons. The summed E-state index contributed by atoms with van der Waals surface area (Å²) < 4.78 is 0. The molecule has 0 fully saturated rings. The van der Waals surface area contributed by atoms with Gasteiger partial charge in [0.15, 0.2) is 0 Å². The zero-order valence-electron chi connectivity index (χ0n) is 11.9. The third kappa shape index (κ3) is 3.41. The van der Waals surface area contributed by atoms with Gasteiger partial charge in [-0.2, -0.15) is 10.2 Å². The van der Waals surface area contributed by atoms with E-state index < -0.39 is 0 Å². The molecule has 0 amide bonds. The molecule has 1 aromatic carbocycles. The van der Waals surface area contributed by atoms with Gasteiger partial charge in [-0.1, -0.05) is 32.0 Å². The summed E-state index contributed by atoms with van der Waals surface area (Å²) in [5, 5.41) is 12.9. The van der Waals surface area contributed by atoms with Crippen molar-refractivity contribution in [3.63, 3.8) is 0 Å². The molecule has 1 heterocycles. The van der Waals surface area contributed by atoms with Crippen molar-refractivity contribution in [2.24, 2.45) is 0 Å². The molecule has 0 aliphatic heterocycles. The van der Waals surface area contributed by atoms with Crippen molar-refractivity contribution in [1.29, 1.82) is 0 Å². The Hall–Kier alpha value is -1.68. The average molecular weight is 258 g/mol. The van der Waals surface area contributed by atoms with Gasteiger partial charge in [0.25, 0.3) is 0 Å². The van der Waals surface area contributed by atoms with Crippen LogP contribution in [0.4, 0.5) is 5.69 Å². The summed E-state index contributed by atoms with van der Waals surface area (Å²) >= 11 is 0. The van der Waals surface area contributed by atoms with Gasteiger partial charge in [-0.3, -0.25) is 0 Å². The Morgan fingerprint density at radius 2 is 2.05 bits per heavy atom. The molecule has 0 atom stereocenters. The second-order valence-electron chi connectivity index (χ2n) is 4.94. The number of benzene rings is 1. The second kappa shape index (κ2) is 6.48. The minimum Gasteiger partial charge on any atom is -0.369 e. The van der Waals surface area contributed by atoms with Crippen LogP contribution in [0.2, 0.25) is 0 Å². The lowest BCUT2D eigenvalue weighted by Crippen LogP contribution is -2.35. The number of nitrogens with zero attached hydrogens (tertiary/aromatic N) is 3. The molecule has 0 bridgehead atoms. The van der Waals surface area contributed by atoms with Crippen LogP contribution in [0.3, 0.4) is 0 Å². The van der Waals surface area contributed by atoms with Gasteiger partial charge < -0.3 is 10.2 Å². The molecule has 0 aliphatic carbocycles. The third-order valence-electron chi connectivity index (χ3n) is 3.18. The predicted octanol–water partition coefficient (Wildman–Crippen LogP) is 2.45. The van der Waals surface area contributed by atoms with E-state index in [1.54, 1.807) is 0 Å². The first-order valence-corrected chi connectivity index (χ1v) is 6.91. The van der Waals surface area contributed by atoms with Gasteiger partial charge in [-0.15, -0.1) is 0 Å². The van der Waals surface area contributed by atoms with Gasteiger partial charge in [0.1, 0.15) is 0 Å². The number of anilines is 1. The van der Waals surface area contributed by atoms with Crippen LogP contribution in [-0.2, 0) is 0 Å². The first kappa shape index (κ1) is 13.7. The quantitative estimate of drug-likeness (QED) is 0.864. The largest absolute Gasteiger partial charge is 0.369 e. The lowest BCUT2D eigenvalue weighted by molar-refractivity contribution is 0.584. The average Bonchev–Trinajstić information content (AvgIpc) is 2.43. The van der Waals surface area contributed by atoms with E-state index in [-0.39, 0.29) is 0 Å². The first-order valence-electron chi connectivity index (χ1n) is 6.91. The molecule has 2 aromatic rings. The standard InChI is InChI=1S/C15H22N4/c1-4-19(10-9-16-12(2)3)15-11-17-18-14-8-6-5-7-13(14)15/h5-8,11-12,16H,4,9-10H2,1-3H3. The number of fused-ring (bicyclic) bond motifs is 1. The molecule has 4 nitrogen and oxygen atoms in total. The highest BCUT2D eigenvalue weighted by molar-refractivity contribution is 5.90. The molecule has 0 saturated heterocycles. The summed E-state index contributed by atoms with van der Waals surface area (Å²) in [6, 6.07) is 8.68. The fourth-order valence-corrected chi connectivity index (χ4v) is 2.18. The molecule has 1 N–H and O–H groups in total. The molecule has 2 rings (SSSR count). The van der Waals surface area contributed by atoms with E-state index in [2.05, 4.69) is 47.3 Å². The Balaban J connectivity index is 2.20. The van der Waals surface area contributed by atoms with E-state index in [1.165, 1.54) is 11.1 Å². The van der Waals surface area contributed by atoms with Crippen molar-refractivity contribution in [3.8, 4) is 0 Å². The zero-order valence-corrected chi connectivity index (χ0v) is 11.9. The highest BCUT2D eigenvalue weighted by Crippen LogP contribution is 2.23. The second-order valence-corrected chi connectivity index (χ2v) is 4.94. The van der Waals surface area contributed by atoms with E-state index >= 15 is 0 Å². The Bertz CT molecular complexity index is 519. The van der Waals surface area contributed by atoms with Crippen LogP contribution in [0.15, 0.2) is 30.5 Å². The van der Waals surface area contributed by atoms with E-state index in [0.29, 0.717) is 6.04 Å². The lowest BCUT2D eigenvalue weighted by Gasteiger charge is -2.24. The smallest absolute Gasteiger partial charge is 0.0950 e. The van der Waals surface area contributed by atoms with Gasteiger partial charge in [-0.25, -0.2) is 0 Å². The van der Waals surface area contributed by atoms with Crippen LogP contribution in [0.1, 0.15) is 20.8 Å². The van der Waals surface area contributed by atoms with Crippen molar-refractivity contribution in [1.82, 2.24) is 15.5 Å². The van der Waals surface area contributed by atoms with Gasteiger partial charge in [-0.05, 0) is 13.0 Å². The molecule has 4 heteroatoms. The maximum atomic E-state index is 4.17. The fraction of sp³-hybridized carbons (Fsp3) is 0.467. The highest BCUT2D eigenvalue weighted by Gasteiger charge is 2.09. The maximum Gasteiger partial charge on any atom is 0.0950 e. The van der Waals surface area contributed by atoms with Crippen LogP contribution in [0.5, 0.6) is 0 Å². The number of hydrogen-bond donors (Lipinski definition) is 1. The summed E-state index contributed by atoms with van der Waals surface area (Å²) in [6.07, 6.45) is 1.86. The van der Waals surface area contributed by atoms with Gasteiger partial charge in [0.2, 0.25) is 0 Å². The topological polar surface area (TPSA) is 41.0 Å². The summed E-state index contributed by atoms with van der Waals surface area (Å²) in [4.78, 5) is 2.34. The SMILES string of the molecule is CCN(CCNC(C)C)c1cnnc2ccccc12. The summed E-state index contributed by atoms with van der Waals surface area (Å²) in [7, 11) is 0. The number of aromatic nitrogens is 2. The first-order chi connectivity index (χ1) is 9.22. The summed E-state index contributed by atoms with van der Waals surface area (Å²) in [6.45, 7) is 9.42. The molecule has 102 valence electrons. The number of hydrogen-bond acceptors (Lipinski definition) is 4. The van der Waals surface area contributed by atoms with E-state index in [9.17, 15) is 0 Å². The molecule has 0 unspecified atom stereocenters. The van der Waals surface area contributed by atoms with E-state index in [0.717, 1.165) is 25.2 Å². The van der Waals surface area contributed by atoms with E-state index in [4.69, 9.17) is 0 Å². The molecular weight excluding hydrogens is 236 g/mol. The minimum atomic E-state index is 0.519. The number of rotatable bonds is 6. The van der Waals surface area contributed by atoms with Gasteiger partial charge in [0, 0.05) is 31.1 Å². The van der Waals surface area contributed by atoms with Crippen LogP contribution in [-0.4, -0.2) is 35.9 Å². The Labute approximate surface area is 114 Å². The molecule has 19 heavy (non-hydrogen) atoms. The molecule has 0 saturated carbocycles. The normalized spacial score (nSPS) is 11.2. The Morgan fingerprint density at radius 1 is 1.26 bits per heavy atom. The van der Waals surface area contributed by atoms with Crippen LogP contribution in [0, 0.1) is 0 Å². The van der Waals surface area contributed by atoms with Gasteiger partial charge >= 0.3 is 0 Å². The monoisotopic (exact) mass is 258 g/mol. The van der Waals surface area contributed by atoms with Crippen molar-refractivity contribution in [3.05, 3.63) is 30.5 Å². The predicted molar refractivity (Wildman–Crippen MR) is 80.6 cm³/mol. The molecule has 1 aromatic heterocycles. The highest BCUT2D eigenvalue weighted by atomic mass is 15.2. The van der Waals surface area contributed by atoms with E-state index in [1.807, 2.05) is 24.4 Å². The van der Waals surface area contributed by atoms with Crippen LogP contribution >= 0.6 is 0 Å². The Morgan fingerprint density at radius 3 is 2.79 bits per heavy atom. The number of nitrogens with one attached hydrogen (secondary N) is 1. The maximum absolute atomic E-state index is 4.17. The van der Waals surface area contributed by atoms with Crippen molar-refractivity contribution < 1.29 is 0 Å². The zero-order chi connectivity index (χ0) is 13.7. The fourth-order valence-electron chi connectivity index (χ4n) is 2.18. The van der Waals surface area contributed by atoms with Crippen molar-refractivity contribution in [2.45, 2.75) is 26.8 Å².